The Hall–Kier alpha value is -3.59. The molecule has 154 valence electrons. The fourth-order valence-corrected chi connectivity index (χ4v) is 5.11. The van der Waals surface area contributed by atoms with Gasteiger partial charge in [0.05, 0.1) is 15.8 Å². The maximum atomic E-state index is 12.0. The van der Waals surface area contributed by atoms with Crippen molar-refractivity contribution in [3.63, 3.8) is 0 Å². The smallest absolute Gasteiger partial charge is 0.246 e. The number of likely N-dealkylation sites (tertiary alicyclic amines) is 1. The normalized spacial score (nSPS) is 16.9. The molecule has 1 N–H and O–H groups in total. The van der Waals surface area contributed by atoms with E-state index in [2.05, 4.69) is 37.2 Å². The van der Waals surface area contributed by atoms with Crippen molar-refractivity contribution in [2.75, 3.05) is 29.9 Å². The third-order valence-electron chi connectivity index (χ3n) is 6.19. The van der Waals surface area contributed by atoms with E-state index < -0.39 is 0 Å². The zero-order valence-corrected chi connectivity index (χ0v) is 17.5. The summed E-state index contributed by atoms with van der Waals surface area (Å²) in [6.07, 6.45) is 5.83. The molecule has 9 heteroatoms. The number of carbonyl (C=O) groups excluding carboxylic acids is 1. The first-order chi connectivity index (χ1) is 15.1. The standard InChI is InChI=1S/C22H19N7OS/c1-2-19(30)29-8-7-22(29)11-28(12-22)18-6-5-16-20(27-18)21(24-13-23-16)26-15-4-3-14-10-25-31-17(14)9-15/h2-6,9-10,13H,1,7-8,11-12H2,(H,23,24,26). The van der Waals surface area contributed by atoms with Crippen LogP contribution in [-0.4, -0.2) is 55.3 Å². The number of nitrogens with zero attached hydrogens (tertiary/aromatic N) is 6. The van der Waals surface area contributed by atoms with E-state index in [4.69, 9.17) is 4.98 Å². The molecule has 0 unspecified atom stereocenters. The van der Waals surface area contributed by atoms with Gasteiger partial charge in [-0.2, -0.15) is 4.37 Å². The fraction of sp³-hybridized carbons (Fsp3) is 0.227. The molecule has 2 saturated heterocycles. The first-order valence-electron chi connectivity index (χ1n) is 10.1. The molecule has 8 nitrogen and oxygen atoms in total. The lowest BCUT2D eigenvalue weighted by Gasteiger charge is -2.62. The molecule has 0 radical (unpaired) electrons. The van der Waals surface area contributed by atoms with Crippen molar-refractivity contribution in [1.29, 1.82) is 0 Å². The van der Waals surface area contributed by atoms with Crippen LogP contribution in [-0.2, 0) is 4.79 Å². The Morgan fingerprint density at radius 1 is 1.23 bits per heavy atom. The molecule has 31 heavy (non-hydrogen) atoms. The van der Waals surface area contributed by atoms with Crippen molar-refractivity contribution < 1.29 is 4.79 Å². The van der Waals surface area contributed by atoms with Crippen LogP contribution in [0.25, 0.3) is 21.1 Å². The average molecular weight is 430 g/mol. The quantitative estimate of drug-likeness (QED) is 0.498. The number of benzene rings is 1. The van der Waals surface area contributed by atoms with E-state index in [0.717, 1.165) is 58.7 Å². The monoisotopic (exact) mass is 429 g/mol. The van der Waals surface area contributed by atoms with E-state index in [1.807, 2.05) is 35.4 Å². The lowest BCUT2D eigenvalue weighted by atomic mass is 9.77. The molecule has 0 atom stereocenters. The van der Waals surface area contributed by atoms with Crippen molar-refractivity contribution in [2.45, 2.75) is 12.0 Å². The predicted molar refractivity (Wildman–Crippen MR) is 122 cm³/mol. The minimum absolute atomic E-state index is 0.00941. The Labute approximate surface area is 182 Å². The van der Waals surface area contributed by atoms with Crippen molar-refractivity contribution in [3.8, 4) is 0 Å². The molecule has 6 rings (SSSR count). The van der Waals surface area contributed by atoms with E-state index in [1.54, 1.807) is 6.33 Å². The van der Waals surface area contributed by atoms with Gasteiger partial charge in [0.25, 0.3) is 0 Å². The van der Waals surface area contributed by atoms with Crippen LogP contribution in [0, 0.1) is 0 Å². The molecular weight excluding hydrogens is 410 g/mol. The second-order valence-electron chi connectivity index (χ2n) is 7.99. The number of nitrogens with one attached hydrogen (secondary N) is 1. The Kier molecular flexibility index (Phi) is 3.94. The first-order valence-corrected chi connectivity index (χ1v) is 10.8. The van der Waals surface area contributed by atoms with Crippen LogP contribution in [0.1, 0.15) is 6.42 Å². The highest BCUT2D eigenvalue weighted by Crippen LogP contribution is 2.41. The van der Waals surface area contributed by atoms with Gasteiger partial charge in [0.2, 0.25) is 5.91 Å². The molecule has 0 aliphatic carbocycles. The molecule has 3 aromatic heterocycles. The summed E-state index contributed by atoms with van der Waals surface area (Å²) in [7, 11) is 0. The van der Waals surface area contributed by atoms with Crippen LogP contribution in [0.15, 0.2) is 55.5 Å². The van der Waals surface area contributed by atoms with Crippen molar-refractivity contribution in [1.82, 2.24) is 24.2 Å². The van der Waals surface area contributed by atoms with Gasteiger partial charge in [-0.05, 0) is 54.4 Å². The molecule has 1 amide bonds. The zero-order chi connectivity index (χ0) is 21.0. The summed E-state index contributed by atoms with van der Waals surface area (Å²) in [5.41, 5.74) is 2.36. The number of carbonyl (C=O) groups is 1. The molecule has 1 aromatic carbocycles. The van der Waals surface area contributed by atoms with Crippen LogP contribution in [0.3, 0.4) is 0 Å². The van der Waals surface area contributed by atoms with Crippen LogP contribution >= 0.6 is 11.5 Å². The summed E-state index contributed by atoms with van der Waals surface area (Å²) in [6.45, 7) is 5.98. The van der Waals surface area contributed by atoms with E-state index in [0.29, 0.717) is 5.82 Å². The lowest BCUT2D eigenvalue weighted by Crippen LogP contribution is -2.78. The highest BCUT2D eigenvalue weighted by molar-refractivity contribution is 7.13. The van der Waals surface area contributed by atoms with E-state index in [1.165, 1.54) is 17.6 Å². The van der Waals surface area contributed by atoms with Gasteiger partial charge >= 0.3 is 0 Å². The highest BCUT2D eigenvalue weighted by atomic mass is 32.1. The molecule has 1 spiro atoms. The Morgan fingerprint density at radius 2 is 2.13 bits per heavy atom. The van der Waals surface area contributed by atoms with Gasteiger partial charge in [0, 0.05) is 36.9 Å². The van der Waals surface area contributed by atoms with Crippen LogP contribution in [0.4, 0.5) is 17.3 Å². The summed E-state index contributed by atoms with van der Waals surface area (Å²) in [4.78, 5) is 29.8. The van der Waals surface area contributed by atoms with Crippen LogP contribution in [0.2, 0.25) is 0 Å². The van der Waals surface area contributed by atoms with Gasteiger partial charge in [0.15, 0.2) is 5.82 Å². The predicted octanol–water partition coefficient (Wildman–Crippen LogP) is 3.36. The van der Waals surface area contributed by atoms with Crippen molar-refractivity contribution >= 4 is 55.9 Å². The maximum Gasteiger partial charge on any atom is 0.246 e. The minimum Gasteiger partial charge on any atom is -0.352 e. The number of aromatic nitrogens is 4. The molecule has 5 heterocycles. The maximum absolute atomic E-state index is 12.0. The number of anilines is 3. The third kappa shape index (κ3) is 2.84. The Morgan fingerprint density at radius 3 is 2.94 bits per heavy atom. The average Bonchev–Trinajstić information content (AvgIpc) is 3.20. The third-order valence-corrected chi connectivity index (χ3v) is 6.96. The van der Waals surface area contributed by atoms with Gasteiger partial charge in [-0.3, -0.25) is 4.79 Å². The summed E-state index contributed by atoms with van der Waals surface area (Å²) in [5, 5.41) is 4.50. The van der Waals surface area contributed by atoms with Crippen molar-refractivity contribution in [3.05, 3.63) is 55.5 Å². The van der Waals surface area contributed by atoms with E-state index >= 15 is 0 Å². The number of hydrogen-bond donors (Lipinski definition) is 1. The number of fused-ring (bicyclic) bond motifs is 2. The molecule has 0 bridgehead atoms. The second-order valence-corrected chi connectivity index (χ2v) is 8.82. The van der Waals surface area contributed by atoms with E-state index in [9.17, 15) is 4.79 Å². The van der Waals surface area contributed by atoms with Gasteiger partial charge in [0.1, 0.15) is 17.7 Å². The molecule has 0 saturated carbocycles. The SMILES string of the molecule is C=CC(=O)N1CCC12CN(c1ccc3ncnc(Nc4ccc5cnsc5c4)c3n1)C2. The number of amides is 1. The minimum atomic E-state index is -0.0691. The van der Waals surface area contributed by atoms with Crippen molar-refractivity contribution in [2.24, 2.45) is 0 Å². The van der Waals surface area contributed by atoms with Gasteiger partial charge in [-0.15, -0.1) is 0 Å². The number of hydrogen-bond acceptors (Lipinski definition) is 8. The largest absolute Gasteiger partial charge is 0.352 e. The number of rotatable bonds is 4. The molecular formula is C22H19N7OS. The second kappa shape index (κ2) is 6.71. The Balaban J connectivity index is 1.28. The molecule has 4 aromatic rings. The summed E-state index contributed by atoms with van der Waals surface area (Å²) in [6, 6.07) is 10.1. The molecule has 2 aliphatic heterocycles. The summed E-state index contributed by atoms with van der Waals surface area (Å²) >= 11 is 1.46. The molecule has 2 fully saturated rings. The van der Waals surface area contributed by atoms with Crippen LogP contribution < -0.4 is 10.2 Å². The Bertz CT molecular complexity index is 1340. The van der Waals surface area contributed by atoms with E-state index in [-0.39, 0.29) is 11.4 Å². The lowest BCUT2D eigenvalue weighted by molar-refractivity contribution is -0.144. The van der Waals surface area contributed by atoms with Gasteiger partial charge in [-0.25, -0.2) is 15.0 Å². The van der Waals surface area contributed by atoms with Gasteiger partial charge in [-0.1, -0.05) is 6.58 Å². The molecule has 2 aliphatic rings. The summed E-state index contributed by atoms with van der Waals surface area (Å²) < 4.78 is 5.34. The summed E-state index contributed by atoms with van der Waals surface area (Å²) in [5.74, 6) is 1.54. The van der Waals surface area contributed by atoms with Gasteiger partial charge < -0.3 is 15.1 Å². The zero-order valence-electron chi connectivity index (χ0n) is 16.7. The topological polar surface area (TPSA) is 87.1 Å². The first kappa shape index (κ1) is 18.2. The highest BCUT2D eigenvalue weighted by Gasteiger charge is 2.55. The number of pyridine rings is 1. The van der Waals surface area contributed by atoms with Crippen LogP contribution in [0.5, 0.6) is 0 Å². The fourth-order valence-electron chi connectivity index (χ4n) is 4.42.